The summed E-state index contributed by atoms with van der Waals surface area (Å²) in [6.45, 7) is 0. The summed E-state index contributed by atoms with van der Waals surface area (Å²) in [6, 6.07) is 81.2. The molecule has 9 heteroatoms. The van der Waals surface area contributed by atoms with Gasteiger partial charge in [0.2, 0.25) is 0 Å². The zero-order valence-electron chi connectivity index (χ0n) is 42.7. The fourth-order valence-electron chi connectivity index (χ4n) is 12.1. The number of fused-ring (bicyclic) bond motifs is 24. The molecule has 374 valence electrons. The van der Waals surface area contributed by atoms with Crippen molar-refractivity contribution in [3.8, 4) is 96.7 Å². The second-order valence-corrected chi connectivity index (χ2v) is 20.5. The quantitative estimate of drug-likeness (QED) is 0.170. The molecule has 81 heavy (non-hydrogen) atoms. The van der Waals surface area contributed by atoms with Crippen LogP contribution >= 0.6 is 0 Å². The number of hydrogen-bond donors (Lipinski definition) is 0. The van der Waals surface area contributed by atoms with Crippen LogP contribution in [-0.4, -0.2) is 15.0 Å². The van der Waals surface area contributed by atoms with Crippen molar-refractivity contribution < 1.29 is 21.1 Å². The minimum atomic E-state index is 0. The van der Waals surface area contributed by atoms with E-state index in [1.165, 1.54) is 0 Å². The third kappa shape index (κ3) is 7.42. The number of nitrogens with zero attached hydrogens (tertiary/aromatic N) is 8. The van der Waals surface area contributed by atoms with Crippen LogP contribution in [0.4, 0.5) is 0 Å². The first kappa shape index (κ1) is 47.4. The average Bonchev–Trinajstić information content (AvgIpc) is 4.43. The smallest absolute Gasteiger partial charge is 0.656 e. The summed E-state index contributed by atoms with van der Waals surface area (Å²) in [7, 11) is 0. The van der Waals surface area contributed by atoms with E-state index in [0.717, 1.165) is 120 Å². The molecule has 8 nitrogen and oxygen atoms in total. The standard InChI is InChI=1S/C72H36N8.Pt/c73-37-40-17-23-43(24-18-40)62-65-54-29-46-9-1-3-11-48(46)31-56(54)67(76-65)63(44-25-19-41(38-74)20-26-44)69-58-33-50-13-5-7-15-52(50)35-60(58)71(78-69)80-72-61-36-53-16-8-6-14-51(53)34-59(61)70(79-72)64(45-27-21-42(39-75)22-28-45)68-57-32-49-12-4-2-10-47(49)30-55(57)66(62)77-68;/h1-36H;/q-2;+2. The topological polar surface area (TPSA) is 138 Å². The Labute approximate surface area is 477 Å². The second kappa shape index (κ2) is 18.4. The number of benzene rings is 11. The Hall–Kier alpha value is -10.8. The molecule has 0 spiro atoms. The molecule has 0 fully saturated rings. The van der Waals surface area contributed by atoms with E-state index in [-0.39, 0.29) is 21.1 Å². The fourth-order valence-corrected chi connectivity index (χ4v) is 12.1. The number of aromatic nitrogens is 5. The van der Waals surface area contributed by atoms with Gasteiger partial charge in [-0.25, -0.2) is 4.98 Å². The normalized spacial score (nSPS) is 11.6. The van der Waals surface area contributed by atoms with Gasteiger partial charge in [-0.3, -0.25) is 4.98 Å². The third-order valence-corrected chi connectivity index (χ3v) is 16.0. The molecule has 2 aliphatic rings. The van der Waals surface area contributed by atoms with Gasteiger partial charge in [0, 0.05) is 27.8 Å². The van der Waals surface area contributed by atoms with Gasteiger partial charge in [0.25, 0.3) is 0 Å². The maximum atomic E-state index is 10.2. The summed E-state index contributed by atoms with van der Waals surface area (Å²) >= 11 is 0. The predicted octanol–water partition coefficient (Wildman–Crippen LogP) is 17.2. The van der Waals surface area contributed by atoms with E-state index in [9.17, 15) is 15.8 Å². The summed E-state index contributed by atoms with van der Waals surface area (Å²) in [5.74, 6) is 0.495. The van der Waals surface area contributed by atoms with E-state index in [4.69, 9.17) is 24.9 Å². The Morgan fingerprint density at radius 3 is 0.963 bits per heavy atom. The van der Waals surface area contributed by atoms with E-state index >= 15 is 0 Å². The van der Waals surface area contributed by atoms with Crippen LogP contribution < -0.4 is 9.97 Å². The molecule has 0 atom stereocenters. The molecular formula is C72H36N8Pt. The molecular weight excluding hydrogens is 1170 g/mol. The van der Waals surface area contributed by atoms with Gasteiger partial charge in [-0.05, 0) is 189 Å². The molecule has 0 saturated carbocycles. The van der Waals surface area contributed by atoms with Crippen LogP contribution in [-0.2, 0) is 21.1 Å². The van der Waals surface area contributed by atoms with Crippen molar-refractivity contribution in [2.45, 2.75) is 0 Å². The molecule has 5 heterocycles. The number of hydrogen-bond acceptors (Lipinski definition) is 6. The zero-order chi connectivity index (χ0) is 53.2. The van der Waals surface area contributed by atoms with Crippen molar-refractivity contribution >= 4 is 86.8 Å². The molecule has 0 saturated heterocycles. The molecule has 14 aromatic rings. The Morgan fingerprint density at radius 1 is 0.296 bits per heavy atom. The molecule has 3 aromatic heterocycles. The van der Waals surface area contributed by atoms with Gasteiger partial charge in [0.05, 0.1) is 57.8 Å². The Bertz CT molecular complexity index is 5330. The van der Waals surface area contributed by atoms with Gasteiger partial charge in [-0.15, -0.1) is 11.0 Å². The summed E-state index contributed by atoms with van der Waals surface area (Å²) in [5.41, 5.74) is 14.5. The van der Waals surface area contributed by atoms with Crippen LogP contribution in [0.25, 0.3) is 165 Å². The molecule has 11 aromatic carbocycles. The van der Waals surface area contributed by atoms with Crippen molar-refractivity contribution in [2.24, 2.45) is 0 Å². The van der Waals surface area contributed by atoms with Gasteiger partial charge >= 0.3 is 21.1 Å². The van der Waals surface area contributed by atoms with Crippen LogP contribution in [0.3, 0.4) is 0 Å². The summed E-state index contributed by atoms with van der Waals surface area (Å²) in [5, 5.41) is 42.4. The molecule has 16 rings (SSSR count). The van der Waals surface area contributed by atoms with Crippen molar-refractivity contribution in [3.05, 3.63) is 235 Å². The average molecular weight is 1210 g/mol. The number of nitriles is 3. The van der Waals surface area contributed by atoms with Gasteiger partial charge in [-0.1, -0.05) is 133 Å². The Morgan fingerprint density at radius 2 is 0.593 bits per heavy atom. The largest absolute Gasteiger partial charge is 2.00 e. The second-order valence-electron chi connectivity index (χ2n) is 20.5. The van der Waals surface area contributed by atoms with E-state index < -0.39 is 0 Å². The number of rotatable bonds is 3. The zero-order valence-corrected chi connectivity index (χ0v) is 45.0. The Kier molecular flexibility index (Phi) is 10.8. The molecule has 0 amide bonds. The van der Waals surface area contributed by atoms with Crippen molar-refractivity contribution in [1.82, 2.24) is 24.9 Å². The molecule has 8 bridgehead atoms. The third-order valence-electron chi connectivity index (χ3n) is 16.0. The van der Waals surface area contributed by atoms with Gasteiger partial charge in [-0.2, -0.15) is 15.8 Å². The van der Waals surface area contributed by atoms with Crippen LogP contribution in [0, 0.1) is 34.0 Å². The SMILES string of the molecule is N#Cc1ccc(-c2c3nc(c(-c4ccc(C#N)cc4)c4[n-]c(c(-c5ccc(C#N)cc5)c5nc(nc6[n-]c2c2cc7ccccc7cc62)-c2cc6ccccc6cc2-5)c2cc5ccccc5cc42)-c2cc4ccccc4cc2-3)cc1.[Pt+2]. The van der Waals surface area contributed by atoms with Gasteiger partial charge in [0.15, 0.2) is 0 Å². The molecule has 0 aliphatic carbocycles. The van der Waals surface area contributed by atoms with Crippen LogP contribution in [0.5, 0.6) is 0 Å². The summed E-state index contributed by atoms with van der Waals surface area (Å²) in [6.07, 6.45) is 0. The minimum absolute atomic E-state index is 0. The van der Waals surface area contributed by atoms with Crippen LogP contribution in [0.15, 0.2) is 218 Å². The molecule has 0 radical (unpaired) electrons. The predicted molar refractivity (Wildman–Crippen MR) is 321 cm³/mol. The van der Waals surface area contributed by atoms with Crippen molar-refractivity contribution in [2.75, 3.05) is 0 Å². The molecule has 0 N–H and O–H groups in total. The van der Waals surface area contributed by atoms with Gasteiger partial charge in [0.1, 0.15) is 0 Å². The van der Waals surface area contributed by atoms with E-state index in [2.05, 4.69) is 152 Å². The fraction of sp³-hybridized carbons (Fsp3) is 0. The monoisotopic (exact) mass is 1210 g/mol. The maximum Gasteiger partial charge on any atom is 2.00 e. The summed E-state index contributed by atoms with van der Waals surface area (Å²) < 4.78 is 0. The van der Waals surface area contributed by atoms with E-state index in [1.54, 1.807) is 0 Å². The molecule has 0 unspecified atom stereocenters. The first-order chi connectivity index (χ1) is 39.5. The van der Waals surface area contributed by atoms with Crippen LogP contribution in [0.1, 0.15) is 16.7 Å². The van der Waals surface area contributed by atoms with E-state index in [1.807, 2.05) is 84.9 Å². The minimum Gasteiger partial charge on any atom is -0.656 e. The van der Waals surface area contributed by atoms with Crippen LogP contribution in [0.2, 0.25) is 0 Å². The van der Waals surface area contributed by atoms with Gasteiger partial charge < -0.3 is 15.0 Å². The van der Waals surface area contributed by atoms with Crippen molar-refractivity contribution in [1.29, 1.82) is 15.8 Å². The first-order valence-electron chi connectivity index (χ1n) is 26.3. The van der Waals surface area contributed by atoms with E-state index in [0.29, 0.717) is 61.8 Å². The maximum absolute atomic E-state index is 10.2. The summed E-state index contributed by atoms with van der Waals surface area (Å²) in [4.78, 5) is 28.9. The molecule has 2 aliphatic heterocycles. The van der Waals surface area contributed by atoms with Crippen molar-refractivity contribution in [3.63, 3.8) is 0 Å². The Balaban J connectivity index is 0.00000564. The first-order valence-corrected chi connectivity index (χ1v) is 26.3.